The summed E-state index contributed by atoms with van der Waals surface area (Å²) in [6.45, 7) is 0. The molecule has 0 aromatic heterocycles. The molecule has 27 heavy (non-hydrogen) atoms. The number of anilines is 1. The lowest BCUT2D eigenvalue weighted by Gasteiger charge is -2.43. The first-order valence-electron chi connectivity index (χ1n) is 10.5. The molecule has 2 aromatic rings. The van der Waals surface area contributed by atoms with Gasteiger partial charge in [0.15, 0.2) is 0 Å². The Morgan fingerprint density at radius 1 is 0.963 bits per heavy atom. The Kier molecular flexibility index (Phi) is 3.41. The number of benzene rings is 2. The molecular formula is C24H26N2O. The van der Waals surface area contributed by atoms with Crippen molar-refractivity contribution in [3.63, 3.8) is 0 Å². The quantitative estimate of drug-likeness (QED) is 0.821. The van der Waals surface area contributed by atoms with Gasteiger partial charge in [0.1, 0.15) is 0 Å². The molecule has 1 amide bonds. The van der Waals surface area contributed by atoms with E-state index in [4.69, 9.17) is 0 Å². The maximum atomic E-state index is 12.6. The third-order valence-corrected chi connectivity index (χ3v) is 7.42. The molecule has 3 fully saturated rings. The second-order valence-corrected chi connectivity index (χ2v) is 9.02. The molecule has 6 rings (SSSR count). The maximum Gasteiger partial charge on any atom is 0.251 e. The Labute approximate surface area is 160 Å². The van der Waals surface area contributed by atoms with Crippen LogP contribution in [0.5, 0.6) is 0 Å². The summed E-state index contributed by atoms with van der Waals surface area (Å²) in [5.74, 6) is 2.95. The lowest BCUT2D eigenvalue weighted by atomic mass is 9.68. The Bertz CT molecular complexity index is 889. The Balaban J connectivity index is 1.40. The molecule has 1 heterocycles. The highest BCUT2D eigenvalue weighted by Gasteiger charge is 2.53. The van der Waals surface area contributed by atoms with Crippen molar-refractivity contribution in [2.45, 2.75) is 50.1 Å². The van der Waals surface area contributed by atoms with Crippen LogP contribution >= 0.6 is 0 Å². The second kappa shape index (κ2) is 5.85. The van der Waals surface area contributed by atoms with E-state index in [0.29, 0.717) is 23.9 Å². The van der Waals surface area contributed by atoms with E-state index in [1.807, 2.05) is 6.07 Å². The fourth-order valence-electron chi connectivity index (χ4n) is 6.11. The molecule has 2 aromatic carbocycles. The van der Waals surface area contributed by atoms with E-state index in [1.54, 1.807) is 0 Å². The Morgan fingerprint density at radius 3 is 2.59 bits per heavy atom. The number of carbonyl (C=O) groups is 1. The topological polar surface area (TPSA) is 41.1 Å². The zero-order chi connectivity index (χ0) is 18.0. The van der Waals surface area contributed by atoms with Gasteiger partial charge in [-0.1, -0.05) is 30.3 Å². The van der Waals surface area contributed by atoms with E-state index in [2.05, 4.69) is 53.1 Å². The molecule has 0 radical (unpaired) electrons. The number of hydrogen-bond donors (Lipinski definition) is 2. The molecule has 0 spiro atoms. The van der Waals surface area contributed by atoms with Crippen molar-refractivity contribution in [3.05, 3.63) is 65.2 Å². The molecule has 2 bridgehead atoms. The van der Waals surface area contributed by atoms with Gasteiger partial charge in [-0.2, -0.15) is 0 Å². The summed E-state index contributed by atoms with van der Waals surface area (Å²) in [4.78, 5) is 12.6. The van der Waals surface area contributed by atoms with Crippen LogP contribution in [0.15, 0.2) is 48.5 Å². The summed E-state index contributed by atoms with van der Waals surface area (Å²) in [6, 6.07) is 18.1. The van der Waals surface area contributed by atoms with Gasteiger partial charge in [-0.05, 0) is 85.1 Å². The summed E-state index contributed by atoms with van der Waals surface area (Å²) >= 11 is 0. The minimum atomic E-state index is 0.102. The van der Waals surface area contributed by atoms with Crippen LogP contribution in [0.3, 0.4) is 0 Å². The van der Waals surface area contributed by atoms with Crippen LogP contribution in [0.1, 0.15) is 65.5 Å². The number of rotatable bonds is 3. The van der Waals surface area contributed by atoms with Crippen LogP contribution < -0.4 is 10.6 Å². The lowest BCUT2D eigenvalue weighted by Crippen LogP contribution is -2.35. The van der Waals surface area contributed by atoms with Gasteiger partial charge in [0.05, 0.1) is 6.04 Å². The fraction of sp³-hybridized carbons (Fsp3) is 0.458. The summed E-state index contributed by atoms with van der Waals surface area (Å²) in [5, 5.41) is 7.00. The average molecular weight is 358 g/mol. The van der Waals surface area contributed by atoms with Crippen molar-refractivity contribution in [3.8, 4) is 0 Å². The standard InChI is InChI=1S/C24H26N2O/c27-24(25-18-9-10-18)17-8-11-20-19(13-17)21-15-6-7-16(12-15)22(21)23(26-20)14-4-2-1-3-5-14/h1-5,8,11,13,15-16,18,21-23,26H,6-7,9-10,12H2,(H,25,27)/t15-,16-,21+,22-,23-/m0/s1. The van der Waals surface area contributed by atoms with Crippen LogP contribution in [-0.2, 0) is 0 Å². The SMILES string of the molecule is O=C(NC1CC1)c1ccc2c(c1)[C@H]1[C@H]3CC[C@@H](C3)[C@@H]1[C@H](c1ccccc1)N2. The number of nitrogens with one attached hydrogen (secondary N) is 2. The van der Waals surface area contributed by atoms with Crippen molar-refractivity contribution in [1.29, 1.82) is 0 Å². The largest absolute Gasteiger partial charge is 0.378 e. The monoisotopic (exact) mass is 358 g/mol. The van der Waals surface area contributed by atoms with Crippen molar-refractivity contribution in [2.24, 2.45) is 17.8 Å². The molecule has 138 valence electrons. The predicted octanol–water partition coefficient (Wildman–Crippen LogP) is 4.88. The summed E-state index contributed by atoms with van der Waals surface area (Å²) in [6.07, 6.45) is 6.34. The highest BCUT2D eigenvalue weighted by Crippen LogP contribution is 2.63. The molecule has 3 saturated carbocycles. The first-order valence-corrected chi connectivity index (χ1v) is 10.5. The van der Waals surface area contributed by atoms with Crippen LogP contribution in [0.2, 0.25) is 0 Å². The highest BCUT2D eigenvalue weighted by atomic mass is 16.1. The van der Waals surface area contributed by atoms with Crippen LogP contribution in [0, 0.1) is 17.8 Å². The van der Waals surface area contributed by atoms with E-state index in [0.717, 1.165) is 30.2 Å². The zero-order valence-electron chi connectivity index (χ0n) is 15.5. The minimum absolute atomic E-state index is 0.102. The van der Waals surface area contributed by atoms with Crippen molar-refractivity contribution >= 4 is 11.6 Å². The number of hydrogen-bond acceptors (Lipinski definition) is 2. The van der Waals surface area contributed by atoms with Gasteiger partial charge < -0.3 is 10.6 Å². The third-order valence-electron chi connectivity index (χ3n) is 7.42. The van der Waals surface area contributed by atoms with E-state index < -0.39 is 0 Å². The Morgan fingerprint density at radius 2 is 1.78 bits per heavy atom. The molecule has 1 aliphatic heterocycles. The molecule has 4 aliphatic rings. The van der Waals surface area contributed by atoms with E-state index in [9.17, 15) is 4.79 Å². The molecule has 5 atom stereocenters. The molecule has 0 saturated heterocycles. The van der Waals surface area contributed by atoms with Crippen molar-refractivity contribution in [1.82, 2.24) is 5.32 Å². The van der Waals surface area contributed by atoms with Gasteiger partial charge in [-0.25, -0.2) is 0 Å². The summed E-state index contributed by atoms with van der Waals surface area (Å²) in [7, 11) is 0. The predicted molar refractivity (Wildman–Crippen MR) is 107 cm³/mol. The number of fused-ring (bicyclic) bond motifs is 7. The fourth-order valence-corrected chi connectivity index (χ4v) is 6.11. The van der Waals surface area contributed by atoms with Crippen LogP contribution in [0.25, 0.3) is 0 Å². The highest BCUT2D eigenvalue weighted by molar-refractivity contribution is 5.95. The first kappa shape index (κ1) is 15.7. The van der Waals surface area contributed by atoms with Crippen molar-refractivity contribution in [2.75, 3.05) is 5.32 Å². The van der Waals surface area contributed by atoms with Crippen LogP contribution in [0.4, 0.5) is 5.69 Å². The van der Waals surface area contributed by atoms with E-state index >= 15 is 0 Å². The zero-order valence-corrected chi connectivity index (χ0v) is 15.5. The van der Waals surface area contributed by atoms with Gasteiger partial charge in [0, 0.05) is 17.3 Å². The number of amides is 1. The van der Waals surface area contributed by atoms with Gasteiger partial charge in [0.2, 0.25) is 0 Å². The Hall–Kier alpha value is -2.29. The molecule has 3 heteroatoms. The number of carbonyl (C=O) groups excluding carboxylic acids is 1. The third kappa shape index (κ3) is 2.51. The first-order chi connectivity index (χ1) is 13.3. The van der Waals surface area contributed by atoms with Gasteiger partial charge in [0.25, 0.3) is 5.91 Å². The molecule has 3 aliphatic carbocycles. The molecule has 0 unspecified atom stereocenters. The summed E-state index contributed by atoms with van der Waals surface area (Å²) < 4.78 is 0. The second-order valence-electron chi connectivity index (χ2n) is 9.02. The average Bonchev–Trinajstić information content (AvgIpc) is 3.28. The normalized spacial score (nSPS) is 33.1. The summed E-state index contributed by atoms with van der Waals surface area (Å²) in [5.41, 5.74) is 4.87. The van der Waals surface area contributed by atoms with Crippen LogP contribution in [-0.4, -0.2) is 11.9 Å². The lowest BCUT2D eigenvalue weighted by molar-refractivity contribution is 0.0951. The molecule has 3 nitrogen and oxygen atoms in total. The minimum Gasteiger partial charge on any atom is -0.378 e. The van der Waals surface area contributed by atoms with Crippen molar-refractivity contribution < 1.29 is 4.79 Å². The van der Waals surface area contributed by atoms with E-state index in [-0.39, 0.29) is 5.91 Å². The molecular weight excluding hydrogens is 332 g/mol. The molecule has 2 N–H and O–H groups in total. The smallest absolute Gasteiger partial charge is 0.251 e. The van der Waals surface area contributed by atoms with Gasteiger partial charge in [-0.15, -0.1) is 0 Å². The van der Waals surface area contributed by atoms with Gasteiger partial charge in [-0.3, -0.25) is 4.79 Å². The van der Waals surface area contributed by atoms with E-state index in [1.165, 1.54) is 36.1 Å². The maximum absolute atomic E-state index is 12.6. The van der Waals surface area contributed by atoms with Gasteiger partial charge >= 0.3 is 0 Å².